The maximum absolute atomic E-state index is 10.5. The highest BCUT2D eigenvalue weighted by molar-refractivity contribution is 5.87. The average molecular weight is 422 g/mol. The predicted molar refractivity (Wildman–Crippen MR) is 116 cm³/mol. The van der Waals surface area contributed by atoms with E-state index in [0.717, 1.165) is 18.5 Å². The first kappa shape index (κ1) is 20.0. The standard InChI is InChI=1S/C22H19N5O2.ClH/c23-19-18-21(25-17(24-19)10-13-22(28)11-4-5-12-22)27(15-7-2-1-3-8-15)20(26-18)16-9-6-14-29-16;/h1-3,6-9,14,28H,4-5,11-12H2,(H2,23,24,25);1H. The Labute approximate surface area is 179 Å². The molecule has 3 heterocycles. The van der Waals surface area contributed by atoms with Crippen LogP contribution in [0.1, 0.15) is 31.5 Å². The minimum absolute atomic E-state index is 0. The summed E-state index contributed by atoms with van der Waals surface area (Å²) in [7, 11) is 0. The number of aliphatic hydroxyl groups is 1. The quantitative estimate of drug-likeness (QED) is 0.478. The largest absolute Gasteiger partial charge is 0.461 e. The van der Waals surface area contributed by atoms with Crippen LogP contribution in [0.2, 0.25) is 0 Å². The van der Waals surface area contributed by atoms with Gasteiger partial charge < -0.3 is 15.3 Å². The number of anilines is 1. The fourth-order valence-corrected chi connectivity index (χ4v) is 3.68. The van der Waals surface area contributed by atoms with Gasteiger partial charge in [0.15, 0.2) is 28.6 Å². The van der Waals surface area contributed by atoms with Gasteiger partial charge in [-0.05, 0) is 55.9 Å². The van der Waals surface area contributed by atoms with Crippen molar-refractivity contribution in [2.24, 2.45) is 0 Å². The van der Waals surface area contributed by atoms with Gasteiger partial charge in [-0.15, -0.1) is 12.4 Å². The summed E-state index contributed by atoms with van der Waals surface area (Å²) in [6, 6.07) is 13.4. The van der Waals surface area contributed by atoms with Crippen LogP contribution in [0.3, 0.4) is 0 Å². The van der Waals surface area contributed by atoms with E-state index in [2.05, 4.69) is 26.8 Å². The molecule has 1 aliphatic carbocycles. The molecular formula is C22H20ClN5O2. The molecule has 1 aliphatic rings. The van der Waals surface area contributed by atoms with Gasteiger partial charge >= 0.3 is 0 Å². The van der Waals surface area contributed by atoms with Gasteiger partial charge in [-0.1, -0.05) is 24.1 Å². The topological polar surface area (TPSA) is 103 Å². The molecular weight excluding hydrogens is 402 g/mol. The zero-order valence-electron chi connectivity index (χ0n) is 16.1. The lowest BCUT2D eigenvalue weighted by Gasteiger charge is -2.12. The van der Waals surface area contributed by atoms with E-state index < -0.39 is 5.60 Å². The number of aromatic nitrogens is 4. The van der Waals surface area contributed by atoms with Crippen LogP contribution in [-0.2, 0) is 0 Å². The van der Waals surface area contributed by atoms with Crippen molar-refractivity contribution in [1.29, 1.82) is 0 Å². The van der Waals surface area contributed by atoms with Gasteiger partial charge in [0.25, 0.3) is 0 Å². The SMILES string of the molecule is Cl.Nc1nc(C#CC2(O)CCCC2)nc2c1nc(-c1ccco1)n2-c1ccccc1. The molecule has 3 aromatic heterocycles. The molecule has 152 valence electrons. The second kappa shape index (κ2) is 7.82. The minimum atomic E-state index is -0.966. The van der Waals surface area contributed by atoms with Gasteiger partial charge in [0.05, 0.1) is 6.26 Å². The van der Waals surface area contributed by atoms with E-state index in [0.29, 0.717) is 35.6 Å². The highest BCUT2D eigenvalue weighted by Gasteiger charge is 2.29. The lowest BCUT2D eigenvalue weighted by molar-refractivity contribution is 0.110. The van der Waals surface area contributed by atoms with Crippen LogP contribution in [0.25, 0.3) is 28.4 Å². The molecule has 3 N–H and O–H groups in total. The molecule has 0 atom stereocenters. The van der Waals surface area contributed by atoms with Gasteiger partial charge in [-0.25, -0.2) is 15.0 Å². The normalized spacial score (nSPS) is 14.8. The van der Waals surface area contributed by atoms with Crippen molar-refractivity contribution in [2.45, 2.75) is 31.3 Å². The summed E-state index contributed by atoms with van der Waals surface area (Å²) in [6.07, 6.45) is 4.88. The summed E-state index contributed by atoms with van der Waals surface area (Å²) < 4.78 is 7.45. The average Bonchev–Trinajstić information content (AvgIpc) is 3.47. The molecule has 0 radical (unpaired) electrons. The first-order valence-corrected chi connectivity index (χ1v) is 9.54. The Morgan fingerprint density at radius 1 is 1.03 bits per heavy atom. The zero-order chi connectivity index (χ0) is 19.8. The van der Waals surface area contributed by atoms with Crippen LogP contribution < -0.4 is 5.73 Å². The Bertz CT molecular complexity index is 1230. The fourth-order valence-electron chi connectivity index (χ4n) is 3.68. The Hall–Kier alpha value is -3.34. The molecule has 4 aromatic rings. The molecule has 0 spiro atoms. The maximum atomic E-state index is 10.5. The Morgan fingerprint density at radius 3 is 2.50 bits per heavy atom. The van der Waals surface area contributed by atoms with E-state index in [1.165, 1.54) is 0 Å². The molecule has 30 heavy (non-hydrogen) atoms. The zero-order valence-corrected chi connectivity index (χ0v) is 16.9. The van der Waals surface area contributed by atoms with Gasteiger partial charge in [0.1, 0.15) is 5.60 Å². The number of hydrogen-bond donors (Lipinski definition) is 2. The second-order valence-electron chi connectivity index (χ2n) is 7.18. The summed E-state index contributed by atoms with van der Waals surface area (Å²) in [5, 5.41) is 10.5. The van der Waals surface area contributed by atoms with Crippen molar-refractivity contribution >= 4 is 29.4 Å². The van der Waals surface area contributed by atoms with Crippen LogP contribution in [-0.4, -0.2) is 30.2 Å². The highest BCUT2D eigenvalue weighted by Crippen LogP contribution is 2.30. The summed E-state index contributed by atoms with van der Waals surface area (Å²) in [4.78, 5) is 13.6. The number of para-hydroxylation sites is 1. The number of imidazole rings is 1. The predicted octanol–water partition coefficient (Wildman–Crippen LogP) is 3.74. The molecule has 7 nitrogen and oxygen atoms in total. The monoisotopic (exact) mass is 421 g/mol. The van der Waals surface area contributed by atoms with Gasteiger partial charge in [-0.3, -0.25) is 4.57 Å². The molecule has 0 aliphatic heterocycles. The van der Waals surface area contributed by atoms with E-state index in [1.807, 2.05) is 41.0 Å². The van der Waals surface area contributed by atoms with Gasteiger partial charge in [0, 0.05) is 5.69 Å². The number of fused-ring (bicyclic) bond motifs is 1. The number of nitrogen functional groups attached to an aromatic ring is 1. The maximum Gasteiger partial charge on any atom is 0.209 e. The Morgan fingerprint density at radius 2 is 1.80 bits per heavy atom. The molecule has 5 rings (SSSR count). The summed E-state index contributed by atoms with van der Waals surface area (Å²) >= 11 is 0. The summed E-state index contributed by atoms with van der Waals surface area (Å²) in [6.45, 7) is 0. The molecule has 8 heteroatoms. The smallest absolute Gasteiger partial charge is 0.209 e. The van der Waals surface area contributed by atoms with Crippen LogP contribution in [0.5, 0.6) is 0 Å². The van der Waals surface area contributed by atoms with Crippen LogP contribution in [0.15, 0.2) is 53.1 Å². The third-order valence-electron chi connectivity index (χ3n) is 5.13. The van der Waals surface area contributed by atoms with Crippen LogP contribution in [0.4, 0.5) is 5.82 Å². The van der Waals surface area contributed by atoms with Crippen LogP contribution >= 0.6 is 12.4 Å². The van der Waals surface area contributed by atoms with E-state index in [9.17, 15) is 5.11 Å². The van der Waals surface area contributed by atoms with E-state index in [-0.39, 0.29) is 24.0 Å². The third kappa shape index (κ3) is 3.52. The molecule has 0 bridgehead atoms. The van der Waals surface area contributed by atoms with Crippen molar-refractivity contribution in [3.8, 4) is 29.1 Å². The van der Waals surface area contributed by atoms with Gasteiger partial charge in [-0.2, -0.15) is 0 Å². The summed E-state index contributed by atoms with van der Waals surface area (Å²) in [5.41, 5.74) is 7.12. The molecule has 0 amide bonds. The minimum Gasteiger partial charge on any atom is -0.461 e. The lowest BCUT2D eigenvalue weighted by Crippen LogP contribution is -2.20. The van der Waals surface area contributed by atoms with Crippen molar-refractivity contribution in [1.82, 2.24) is 19.5 Å². The van der Waals surface area contributed by atoms with E-state index in [1.54, 1.807) is 12.3 Å². The number of halogens is 1. The van der Waals surface area contributed by atoms with Crippen LogP contribution in [0, 0.1) is 11.8 Å². The van der Waals surface area contributed by atoms with Crippen molar-refractivity contribution in [3.63, 3.8) is 0 Å². The van der Waals surface area contributed by atoms with E-state index in [4.69, 9.17) is 10.2 Å². The third-order valence-corrected chi connectivity index (χ3v) is 5.13. The fraction of sp³-hybridized carbons (Fsp3) is 0.227. The van der Waals surface area contributed by atoms with E-state index >= 15 is 0 Å². The first-order chi connectivity index (χ1) is 14.1. The molecule has 1 saturated carbocycles. The second-order valence-corrected chi connectivity index (χ2v) is 7.18. The Balaban J connectivity index is 0.00000218. The molecule has 0 unspecified atom stereocenters. The number of nitrogens with zero attached hydrogens (tertiary/aromatic N) is 4. The lowest BCUT2D eigenvalue weighted by atomic mass is 10.0. The van der Waals surface area contributed by atoms with Crippen molar-refractivity contribution < 1.29 is 9.52 Å². The number of nitrogens with two attached hydrogens (primary N) is 1. The molecule has 1 aromatic carbocycles. The van der Waals surface area contributed by atoms with Crippen molar-refractivity contribution in [3.05, 3.63) is 54.6 Å². The van der Waals surface area contributed by atoms with Crippen molar-refractivity contribution in [2.75, 3.05) is 5.73 Å². The first-order valence-electron chi connectivity index (χ1n) is 9.54. The highest BCUT2D eigenvalue weighted by atomic mass is 35.5. The summed E-state index contributed by atoms with van der Waals surface area (Å²) in [5.74, 6) is 7.53. The Kier molecular flexibility index (Phi) is 5.20. The molecule has 0 saturated heterocycles. The number of furan rings is 1. The number of hydrogen-bond acceptors (Lipinski definition) is 6. The number of rotatable bonds is 2. The van der Waals surface area contributed by atoms with Gasteiger partial charge in [0.2, 0.25) is 5.82 Å². The molecule has 1 fully saturated rings. The number of benzene rings is 1.